The lowest BCUT2D eigenvalue weighted by Crippen LogP contribution is -2.34. The lowest BCUT2D eigenvalue weighted by atomic mass is 9.89. The summed E-state index contributed by atoms with van der Waals surface area (Å²) in [6, 6.07) is 4.60. The van der Waals surface area contributed by atoms with Gasteiger partial charge in [-0.05, 0) is 37.1 Å². The smallest absolute Gasteiger partial charge is 0.269 e. The van der Waals surface area contributed by atoms with Gasteiger partial charge in [-0.15, -0.1) is 12.4 Å². The molecule has 1 atom stereocenters. The Bertz CT molecular complexity index is 505. The van der Waals surface area contributed by atoms with Crippen LogP contribution in [0.4, 0.5) is 5.69 Å². The van der Waals surface area contributed by atoms with Gasteiger partial charge in [-0.3, -0.25) is 10.1 Å². The van der Waals surface area contributed by atoms with Crippen molar-refractivity contribution in [3.8, 4) is 0 Å². The highest BCUT2D eigenvalue weighted by Gasteiger charge is 2.29. The molecule has 1 N–H and O–H groups in total. The van der Waals surface area contributed by atoms with Crippen LogP contribution in [-0.2, 0) is 6.54 Å². The van der Waals surface area contributed by atoms with Crippen LogP contribution in [0.1, 0.15) is 18.9 Å². The monoisotopic (exact) mass is 333 g/mol. The van der Waals surface area contributed by atoms with Gasteiger partial charge in [0.25, 0.3) is 5.69 Å². The molecule has 1 unspecified atom stereocenters. The van der Waals surface area contributed by atoms with E-state index >= 15 is 0 Å². The third-order valence-corrected chi connectivity index (χ3v) is 4.16. The molecule has 0 aliphatic carbocycles. The Morgan fingerprint density at radius 3 is 2.81 bits per heavy atom. The van der Waals surface area contributed by atoms with Gasteiger partial charge in [0, 0.05) is 36.8 Å². The number of halogens is 2. The number of nitrogens with zero attached hydrogens (tertiary/aromatic N) is 2. The van der Waals surface area contributed by atoms with Gasteiger partial charge in [0.2, 0.25) is 0 Å². The largest absolute Gasteiger partial charge is 0.316 e. The van der Waals surface area contributed by atoms with Crippen molar-refractivity contribution in [2.75, 3.05) is 26.7 Å². The van der Waals surface area contributed by atoms with Gasteiger partial charge in [0.05, 0.1) is 4.92 Å². The van der Waals surface area contributed by atoms with E-state index in [2.05, 4.69) is 17.1 Å². The topological polar surface area (TPSA) is 58.4 Å². The number of nitro benzene ring substituents is 1. The number of nitrogens with one attached hydrogen (secondary N) is 1. The fraction of sp³-hybridized carbons (Fsp3) is 0.571. The molecule has 1 aromatic rings. The van der Waals surface area contributed by atoms with Crippen LogP contribution in [0.5, 0.6) is 0 Å². The molecule has 0 spiro atoms. The number of benzene rings is 1. The van der Waals surface area contributed by atoms with Gasteiger partial charge >= 0.3 is 0 Å². The summed E-state index contributed by atoms with van der Waals surface area (Å²) in [6.07, 6.45) is 1.15. The van der Waals surface area contributed by atoms with Gasteiger partial charge in [0.15, 0.2) is 0 Å². The summed E-state index contributed by atoms with van der Waals surface area (Å²) in [5.41, 5.74) is 1.16. The van der Waals surface area contributed by atoms with Gasteiger partial charge in [-0.2, -0.15) is 0 Å². The van der Waals surface area contributed by atoms with Gasteiger partial charge in [-0.1, -0.05) is 18.5 Å². The standard InChI is InChI=1S/C14H20ClN3O2.ClH/c1-14(5-6-16-9-14)10-17(2)8-11-7-12(18(19)20)3-4-13(11)15;/h3-4,7,16H,5-6,8-10H2,1-2H3;1H. The van der Waals surface area contributed by atoms with E-state index in [1.165, 1.54) is 6.07 Å². The predicted octanol–water partition coefficient (Wildman–Crippen LogP) is 3.10. The van der Waals surface area contributed by atoms with Crippen molar-refractivity contribution in [2.45, 2.75) is 19.9 Å². The van der Waals surface area contributed by atoms with Crippen molar-refractivity contribution in [3.05, 3.63) is 38.9 Å². The number of hydrogen-bond acceptors (Lipinski definition) is 4. The molecule has 2 rings (SSSR count). The van der Waals surface area contributed by atoms with Gasteiger partial charge in [-0.25, -0.2) is 0 Å². The molecule has 0 saturated carbocycles. The number of hydrogen-bond donors (Lipinski definition) is 1. The SMILES string of the molecule is CN(Cc1cc([N+](=O)[O-])ccc1Cl)CC1(C)CCNC1.Cl. The Balaban J connectivity index is 0.00000220. The molecule has 1 aliphatic heterocycles. The zero-order chi connectivity index (χ0) is 14.8. The molecular weight excluding hydrogens is 313 g/mol. The third-order valence-electron chi connectivity index (χ3n) is 3.79. The first-order chi connectivity index (χ1) is 9.39. The summed E-state index contributed by atoms with van der Waals surface area (Å²) in [4.78, 5) is 12.6. The van der Waals surface area contributed by atoms with E-state index in [0.29, 0.717) is 11.6 Å². The van der Waals surface area contributed by atoms with Crippen molar-refractivity contribution in [1.82, 2.24) is 10.2 Å². The quantitative estimate of drug-likeness (QED) is 0.664. The zero-order valence-electron chi connectivity index (χ0n) is 12.3. The van der Waals surface area contributed by atoms with Crippen molar-refractivity contribution in [1.29, 1.82) is 0 Å². The van der Waals surface area contributed by atoms with E-state index in [1.54, 1.807) is 12.1 Å². The molecule has 0 aromatic heterocycles. The van der Waals surface area contributed by atoms with Crippen LogP contribution in [0.3, 0.4) is 0 Å². The molecule has 0 amide bonds. The predicted molar refractivity (Wildman–Crippen MR) is 87.3 cm³/mol. The number of rotatable bonds is 5. The first-order valence-corrected chi connectivity index (χ1v) is 7.09. The van der Waals surface area contributed by atoms with Gasteiger partial charge < -0.3 is 10.2 Å². The minimum absolute atomic E-state index is 0. The van der Waals surface area contributed by atoms with Gasteiger partial charge in [0.1, 0.15) is 0 Å². The minimum atomic E-state index is -0.387. The minimum Gasteiger partial charge on any atom is -0.316 e. The van der Waals surface area contributed by atoms with Crippen molar-refractivity contribution < 1.29 is 4.92 Å². The van der Waals surface area contributed by atoms with Crippen LogP contribution in [0.15, 0.2) is 18.2 Å². The van der Waals surface area contributed by atoms with Crippen LogP contribution >= 0.6 is 24.0 Å². The molecule has 5 nitrogen and oxygen atoms in total. The average molecular weight is 334 g/mol. The summed E-state index contributed by atoms with van der Waals surface area (Å²) >= 11 is 6.13. The van der Waals surface area contributed by atoms with E-state index in [9.17, 15) is 10.1 Å². The maximum Gasteiger partial charge on any atom is 0.269 e. The normalized spacial score (nSPS) is 21.3. The molecule has 1 aliphatic rings. The molecule has 0 bridgehead atoms. The summed E-state index contributed by atoms with van der Waals surface area (Å²) < 4.78 is 0. The lowest BCUT2D eigenvalue weighted by molar-refractivity contribution is -0.384. The van der Waals surface area contributed by atoms with Crippen LogP contribution < -0.4 is 5.32 Å². The highest BCUT2D eigenvalue weighted by Crippen LogP contribution is 2.27. The molecule has 1 heterocycles. The Hall–Kier alpha value is -0.880. The first kappa shape index (κ1) is 18.2. The van der Waals surface area contributed by atoms with Crippen LogP contribution in [0, 0.1) is 15.5 Å². The molecule has 1 fully saturated rings. The maximum absolute atomic E-state index is 10.8. The first-order valence-electron chi connectivity index (χ1n) is 6.72. The highest BCUT2D eigenvalue weighted by molar-refractivity contribution is 6.31. The summed E-state index contributed by atoms with van der Waals surface area (Å²) in [6.45, 7) is 5.90. The van der Waals surface area contributed by atoms with E-state index in [4.69, 9.17) is 11.6 Å². The lowest BCUT2D eigenvalue weighted by Gasteiger charge is -2.29. The highest BCUT2D eigenvalue weighted by atomic mass is 35.5. The number of non-ortho nitro benzene ring substituents is 1. The average Bonchev–Trinajstić information content (AvgIpc) is 2.78. The van der Waals surface area contributed by atoms with Crippen LogP contribution in [0.2, 0.25) is 5.02 Å². The summed E-state index contributed by atoms with van der Waals surface area (Å²) in [5, 5.41) is 14.8. The van der Waals surface area contributed by atoms with E-state index < -0.39 is 0 Å². The zero-order valence-corrected chi connectivity index (χ0v) is 13.8. The third kappa shape index (κ3) is 4.81. The number of nitro groups is 1. The molecule has 0 radical (unpaired) electrons. The van der Waals surface area contributed by atoms with Crippen LogP contribution in [-0.4, -0.2) is 36.5 Å². The Morgan fingerprint density at radius 1 is 1.52 bits per heavy atom. The molecule has 1 saturated heterocycles. The maximum atomic E-state index is 10.8. The van der Waals surface area contributed by atoms with Crippen molar-refractivity contribution in [3.63, 3.8) is 0 Å². The van der Waals surface area contributed by atoms with E-state index in [-0.39, 0.29) is 28.4 Å². The fourth-order valence-electron chi connectivity index (χ4n) is 2.80. The summed E-state index contributed by atoms with van der Waals surface area (Å²) in [7, 11) is 2.03. The second-order valence-electron chi connectivity index (χ2n) is 5.94. The second kappa shape index (κ2) is 7.40. The van der Waals surface area contributed by atoms with E-state index in [0.717, 1.165) is 31.6 Å². The van der Waals surface area contributed by atoms with Crippen molar-refractivity contribution >= 4 is 29.7 Å². The molecular formula is C14H21Cl2N3O2. The second-order valence-corrected chi connectivity index (χ2v) is 6.35. The van der Waals surface area contributed by atoms with E-state index in [1.807, 2.05) is 7.05 Å². The summed E-state index contributed by atoms with van der Waals surface area (Å²) in [5.74, 6) is 0. The Morgan fingerprint density at radius 2 is 2.24 bits per heavy atom. The molecule has 7 heteroatoms. The molecule has 21 heavy (non-hydrogen) atoms. The molecule has 118 valence electrons. The Labute approximate surface area is 136 Å². The van der Waals surface area contributed by atoms with Crippen LogP contribution in [0.25, 0.3) is 0 Å². The molecule has 1 aromatic carbocycles. The Kier molecular flexibility index (Phi) is 6.41. The fourth-order valence-corrected chi connectivity index (χ4v) is 2.98. The van der Waals surface area contributed by atoms with Crippen molar-refractivity contribution in [2.24, 2.45) is 5.41 Å².